The van der Waals surface area contributed by atoms with E-state index in [9.17, 15) is 14.9 Å². The molecule has 1 unspecified atom stereocenters. The first-order valence-corrected chi connectivity index (χ1v) is 7.04. The van der Waals surface area contributed by atoms with Crippen LogP contribution in [0.25, 0.3) is 0 Å². The number of piperazine rings is 1. The minimum atomic E-state index is -0.436. The second kappa shape index (κ2) is 7.14. The van der Waals surface area contributed by atoms with Crippen molar-refractivity contribution < 1.29 is 9.72 Å². The van der Waals surface area contributed by atoms with E-state index in [2.05, 4.69) is 15.5 Å². The van der Waals surface area contributed by atoms with Gasteiger partial charge in [0.25, 0.3) is 5.69 Å². The van der Waals surface area contributed by atoms with Crippen molar-refractivity contribution in [3.63, 3.8) is 0 Å². The molecule has 2 rings (SSSR count). The number of carbonyl (C=O) groups is 1. The quantitative estimate of drug-likeness (QED) is 0.610. The van der Waals surface area contributed by atoms with Crippen molar-refractivity contribution in [2.75, 3.05) is 26.2 Å². The molecule has 0 spiro atoms. The van der Waals surface area contributed by atoms with Crippen LogP contribution in [0.4, 0.5) is 5.69 Å². The summed E-state index contributed by atoms with van der Waals surface area (Å²) in [5.74, 6) is -0.0183. The van der Waals surface area contributed by atoms with E-state index in [-0.39, 0.29) is 17.6 Å². The van der Waals surface area contributed by atoms with Gasteiger partial charge in [-0.25, -0.2) is 0 Å². The van der Waals surface area contributed by atoms with Crippen molar-refractivity contribution in [2.24, 2.45) is 0 Å². The molecule has 7 heteroatoms. The molecule has 7 nitrogen and oxygen atoms in total. The number of rotatable bonds is 5. The molecule has 1 aromatic carbocycles. The first kappa shape index (κ1) is 15.4. The van der Waals surface area contributed by atoms with Crippen LogP contribution in [0.3, 0.4) is 0 Å². The van der Waals surface area contributed by atoms with Gasteiger partial charge in [-0.15, -0.1) is 0 Å². The molecular formula is C14H20N4O3. The lowest BCUT2D eigenvalue weighted by Gasteiger charge is -2.31. The molecule has 0 aromatic heterocycles. The molecule has 1 atom stereocenters. The zero-order valence-corrected chi connectivity index (χ0v) is 12.0. The van der Waals surface area contributed by atoms with Gasteiger partial charge in [-0.3, -0.25) is 19.8 Å². The molecule has 1 heterocycles. The highest BCUT2D eigenvalue weighted by Gasteiger charge is 2.22. The lowest BCUT2D eigenvalue weighted by atomic mass is 10.2. The van der Waals surface area contributed by atoms with E-state index in [1.807, 2.05) is 6.92 Å². The van der Waals surface area contributed by atoms with Crippen LogP contribution in [0.15, 0.2) is 24.3 Å². The van der Waals surface area contributed by atoms with Gasteiger partial charge in [-0.05, 0) is 12.5 Å². The zero-order chi connectivity index (χ0) is 15.2. The average Bonchev–Trinajstić information content (AvgIpc) is 2.53. The van der Waals surface area contributed by atoms with Gasteiger partial charge in [-0.1, -0.05) is 12.1 Å². The summed E-state index contributed by atoms with van der Waals surface area (Å²) >= 11 is 0. The number of carbonyl (C=O) groups excluding carboxylic acids is 1. The first-order chi connectivity index (χ1) is 10.1. The zero-order valence-electron chi connectivity index (χ0n) is 12.0. The van der Waals surface area contributed by atoms with Crippen LogP contribution in [0.5, 0.6) is 0 Å². The number of hydrogen-bond acceptors (Lipinski definition) is 5. The Morgan fingerprint density at radius 3 is 2.57 bits per heavy atom. The second-order valence-electron chi connectivity index (χ2n) is 5.10. The largest absolute Gasteiger partial charge is 0.351 e. The van der Waals surface area contributed by atoms with Gasteiger partial charge in [0.05, 0.1) is 11.0 Å². The van der Waals surface area contributed by atoms with Crippen molar-refractivity contribution >= 4 is 11.6 Å². The third-order valence-electron chi connectivity index (χ3n) is 3.69. The molecule has 1 fully saturated rings. The Morgan fingerprint density at radius 2 is 2.00 bits per heavy atom. The van der Waals surface area contributed by atoms with Gasteiger partial charge in [0.2, 0.25) is 5.91 Å². The standard InChI is InChI=1S/C14H20N4O3/c1-11(17-8-6-15-7-9-17)14(19)16-10-12-2-4-13(5-3-12)18(20)21/h2-5,11,15H,6-10H2,1H3,(H,16,19). The van der Waals surface area contributed by atoms with Crippen LogP contribution < -0.4 is 10.6 Å². The molecule has 1 amide bonds. The summed E-state index contributed by atoms with van der Waals surface area (Å²) in [6.45, 7) is 5.82. The summed E-state index contributed by atoms with van der Waals surface area (Å²) in [4.78, 5) is 24.4. The van der Waals surface area contributed by atoms with Crippen molar-refractivity contribution in [1.82, 2.24) is 15.5 Å². The molecule has 114 valence electrons. The van der Waals surface area contributed by atoms with Crippen molar-refractivity contribution in [3.8, 4) is 0 Å². The molecular weight excluding hydrogens is 272 g/mol. The maximum Gasteiger partial charge on any atom is 0.269 e. The third-order valence-corrected chi connectivity index (χ3v) is 3.69. The minimum Gasteiger partial charge on any atom is -0.351 e. The number of amides is 1. The highest BCUT2D eigenvalue weighted by molar-refractivity contribution is 5.81. The van der Waals surface area contributed by atoms with E-state index in [1.165, 1.54) is 12.1 Å². The Morgan fingerprint density at radius 1 is 1.38 bits per heavy atom. The van der Waals surface area contributed by atoms with Gasteiger partial charge in [0.15, 0.2) is 0 Å². The van der Waals surface area contributed by atoms with E-state index in [0.717, 1.165) is 31.7 Å². The SMILES string of the molecule is CC(C(=O)NCc1ccc([N+](=O)[O-])cc1)N1CCNCC1. The Bertz CT molecular complexity index is 497. The Balaban J connectivity index is 1.83. The van der Waals surface area contributed by atoms with Crippen molar-refractivity contribution in [1.29, 1.82) is 0 Å². The third kappa shape index (κ3) is 4.24. The molecule has 0 bridgehead atoms. The van der Waals surface area contributed by atoms with Crippen LogP contribution in [-0.2, 0) is 11.3 Å². The summed E-state index contributed by atoms with van der Waals surface area (Å²) in [5.41, 5.74) is 0.903. The summed E-state index contributed by atoms with van der Waals surface area (Å²) in [7, 11) is 0. The van der Waals surface area contributed by atoms with Crippen molar-refractivity contribution in [2.45, 2.75) is 19.5 Å². The van der Waals surface area contributed by atoms with E-state index >= 15 is 0 Å². The normalized spacial score (nSPS) is 17.2. The molecule has 1 aromatic rings. The molecule has 0 radical (unpaired) electrons. The van der Waals surface area contributed by atoms with Crippen LogP contribution in [0, 0.1) is 10.1 Å². The highest BCUT2D eigenvalue weighted by atomic mass is 16.6. The van der Waals surface area contributed by atoms with Gasteiger partial charge in [0, 0.05) is 44.9 Å². The summed E-state index contributed by atoms with van der Waals surface area (Å²) in [6.07, 6.45) is 0. The molecule has 1 saturated heterocycles. The average molecular weight is 292 g/mol. The second-order valence-corrected chi connectivity index (χ2v) is 5.10. The summed E-state index contributed by atoms with van der Waals surface area (Å²) in [5, 5.41) is 16.7. The summed E-state index contributed by atoms with van der Waals surface area (Å²) < 4.78 is 0. The fourth-order valence-corrected chi connectivity index (χ4v) is 2.31. The fourth-order valence-electron chi connectivity index (χ4n) is 2.31. The number of nitrogens with zero attached hydrogens (tertiary/aromatic N) is 2. The van der Waals surface area contributed by atoms with Crippen LogP contribution in [0.2, 0.25) is 0 Å². The number of non-ortho nitro benzene ring substituents is 1. The Kier molecular flexibility index (Phi) is 5.24. The van der Waals surface area contributed by atoms with Crippen molar-refractivity contribution in [3.05, 3.63) is 39.9 Å². The van der Waals surface area contributed by atoms with E-state index in [4.69, 9.17) is 0 Å². The lowest BCUT2D eigenvalue weighted by molar-refractivity contribution is -0.384. The topological polar surface area (TPSA) is 87.5 Å². The molecule has 0 saturated carbocycles. The van der Waals surface area contributed by atoms with Crippen LogP contribution in [-0.4, -0.2) is 48.0 Å². The Hall–Kier alpha value is -1.99. The molecule has 21 heavy (non-hydrogen) atoms. The first-order valence-electron chi connectivity index (χ1n) is 7.04. The molecule has 0 aliphatic carbocycles. The number of nitro benzene ring substituents is 1. The van der Waals surface area contributed by atoms with Gasteiger partial charge in [0.1, 0.15) is 0 Å². The fraction of sp³-hybridized carbons (Fsp3) is 0.500. The Labute approximate surface area is 123 Å². The lowest BCUT2D eigenvalue weighted by Crippen LogP contribution is -2.52. The van der Waals surface area contributed by atoms with E-state index < -0.39 is 4.92 Å². The minimum absolute atomic E-state index is 0.0183. The monoisotopic (exact) mass is 292 g/mol. The number of nitrogens with one attached hydrogen (secondary N) is 2. The van der Waals surface area contributed by atoms with Gasteiger partial charge < -0.3 is 10.6 Å². The predicted molar refractivity (Wildman–Crippen MR) is 78.8 cm³/mol. The van der Waals surface area contributed by atoms with Crippen LogP contribution >= 0.6 is 0 Å². The molecule has 1 aliphatic rings. The molecule has 2 N–H and O–H groups in total. The van der Waals surface area contributed by atoms with Gasteiger partial charge >= 0.3 is 0 Å². The van der Waals surface area contributed by atoms with Gasteiger partial charge in [-0.2, -0.15) is 0 Å². The van der Waals surface area contributed by atoms with E-state index in [1.54, 1.807) is 12.1 Å². The smallest absolute Gasteiger partial charge is 0.269 e. The van der Waals surface area contributed by atoms with Crippen LogP contribution in [0.1, 0.15) is 12.5 Å². The highest BCUT2D eigenvalue weighted by Crippen LogP contribution is 2.11. The number of nitro groups is 1. The number of hydrogen-bond donors (Lipinski definition) is 2. The molecule has 1 aliphatic heterocycles. The maximum atomic E-state index is 12.1. The van der Waals surface area contributed by atoms with E-state index in [0.29, 0.717) is 6.54 Å². The maximum absolute atomic E-state index is 12.1. The number of benzene rings is 1. The summed E-state index contributed by atoms with van der Waals surface area (Å²) in [6, 6.07) is 6.05. The predicted octanol–water partition coefficient (Wildman–Crippen LogP) is 0.505.